The highest BCUT2D eigenvalue weighted by Crippen LogP contribution is 2.01. The average Bonchev–Trinajstić information content (AvgIpc) is 2.21. The summed E-state index contributed by atoms with van der Waals surface area (Å²) in [5.74, 6) is 0.00320. The number of amides is 1. The van der Waals surface area contributed by atoms with Gasteiger partial charge in [0.05, 0.1) is 5.75 Å². The first-order valence-corrected chi connectivity index (χ1v) is 5.63. The summed E-state index contributed by atoms with van der Waals surface area (Å²) in [7, 11) is 1.66. The number of hydrogen-bond acceptors (Lipinski definition) is 4. The maximum Gasteiger partial charge on any atom is 0.234 e. The Balaban J connectivity index is 4.07. The number of carbonyl (C=O) groups excluding carboxylic acids is 2. The van der Waals surface area contributed by atoms with Crippen molar-refractivity contribution < 1.29 is 9.59 Å². The molecule has 0 aromatic rings. The molecule has 1 amide bonds. The third kappa shape index (κ3) is 7.93. The van der Waals surface area contributed by atoms with Crippen molar-refractivity contribution in [2.45, 2.75) is 20.3 Å². The van der Waals surface area contributed by atoms with Crippen LogP contribution in [0.2, 0.25) is 0 Å². The molecule has 0 aliphatic rings. The Morgan fingerprint density at radius 2 is 2.13 bits per heavy atom. The van der Waals surface area contributed by atoms with E-state index in [-0.39, 0.29) is 16.8 Å². The van der Waals surface area contributed by atoms with Gasteiger partial charge in [-0.1, -0.05) is 18.7 Å². The molecule has 0 rings (SSSR count). The number of rotatable bonds is 5. The molecule has 1 N–H and O–H groups in total. The Labute approximate surface area is 94.2 Å². The lowest BCUT2D eigenvalue weighted by Gasteiger charge is -2.05. The van der Waals surface area contributed by atoms with Crippen molar-refractivity contribution in [2.24, 2.45) is 4.99 Å². The molecule has 0 heterocycles. The smallest absolute Gasteiger partial charge is 0.234 e. The maximum atomic E-state index is 11.3. The second kappa shape index (κ2) is 8.23. The second-order valence-electron chi connectivity index (χ2n) is 2.78. The Morgan fingerprint density at radius 1 is 1.47 bits per heavy atom. The van der Waals surface area contributed by atoms with Crippen LogP contribution in [0.3, 0.4) is 0 Å². The minimum absolute atomic E-state index is 0.0534. The van der Waals surface area contributed by atoms with Crippen LogP contribution in [-0.2, 0) is 9.59 Å². The maximum absolute atomic E-state index is 11.3. The normalized spacial score (nSPS) is 11.8. The van der Waals surface area contributed by atoms with Crippen LogP contribution in [0.4, 0.5) is 0 Å². The van der Waals surface area contributed by atoms with E-state index in [0.717, 1.165) is 23.9 Å². The molecular formula is C10H16N2O2S. The predicted octanol–water partition coefficient (Wildman–Crippen LogP) is 1.38. The molecule has 15 heavy (non-hydrogen) atoms. The number of thioether (sulfide) groups is 1. The zero-order chi connectivity index (χ0) is 11.7. The molecule has 0 radical (unpaired) electrons. The topological polar surface area (TPSA) is 58.5 Å². The second-order valence-corrected chi connectivity index (χ2v) is 3.93. The molecule has 5 heteroatoms. The summed E-state index contributed by atoms with van der Waals surface area (Å²) < 4.78 is 0. The van der Waals surface area contributed by atoms with Crippen LogP contribution < -0.4 is 5.32 Å². The SMILES string of the molecule is CC/C(=C\C=NC)NC(=O)CSC(C)=O. The van der Waals surface area contributed by atoms with E-state index in [9.17, 15) is 9.59 Å². The molecule has 0 atom stereocenters. The Bertz CT molecular complexity index is 285. The highest BCUT2D eigenvalue weighted by molar-refractivity contribution is 8.14. The number of hydrogen-bond donors (Lipinski definition) is 1. The largest absolute Gasteiger partial charge is 0.329 e. The quantitative estimate of drug-likeness (QED) is 0.723. The lowest BCUT2D eigenvalue weighted by molar-refractivity contribution is -0.118. The minimum atomic E-state index is -0.159. The molecule has 0 aromatic heterocycles. The van der Waals surface area contributed by atoms with E-state index in [1.807, 2.05) is 6.92 Å². The van der Waals surface area contributed by atoms with E-state index in [2.05, 4.69) is 10.3 Å². The molecule has 4 nitrogen and oxygen atoms in total. The molecule has 0 aliphatic heterocycles. The van der Waals surface area contributed by atoms with E-state index in [4.69, 9.17) is 0 Å². The van der Waals surface area contributed by atoms with Crippen molar-refractivity contribution >= 4 is 29.0 Å². The fraction of sp³-hybridized carbons (Fsp3) is 0.500. The summed E-state index contributed by atoms with van der Waals surface area (Å²) >= 11 is 1.00. The van der Waals surface area contributed by atoms with Gasteiger partial charge in [0, 0.05) is 25.9 Å². The summed E-state index contributed by atoms with van der Waals surface area (Å²) in [5.41, 5.74) is 0.801. The molecule has 84 valence electrons. The lowest BCUT2D eigenvalue weighted by Crippen LogP contribution is -2.24. The molecule has 0 saturated heterocycles. The van der Waals surface area contributed by atoms with Gasteiger partial charge >= 0.3 is 0 Å². The average molecular weight is 228 g/mol. The zero-order valence-corrected chi connectivity index (χ0v) is 10.1. The number of aliphatic imine (C=N–C) groups is 1. The van der Waals surface area contributed by atoms with Crippen LogP contribution in [0.1, 0.15) is 20.3 Å². The summed E-state index contributed by atoms with van der Waals surface area (Å²) in [6.45, 7) is 3.38. The number of nitrogens with one attached hydrogen (secondary N) is 1. The highest BCUT2D eigenvalue weighted by atomic mass is 32.2. The molecule has 0 bridgehead atoms. The molecule has 0 aliphatic carbocycles. The van der Waals surface area contributed by atoms with Gasteiger partial charge in [-0.3, -0.25) is 14.6 Å². The van der Waals surface area contributed by atoms with Gasteiger partial charge in [-0.05, 0) is 12.5 Å². The first kappa shape index (κ1) is 13.9. The van der Waals surface area contributed by atoms with E-state index in [1.54, 1.807) is 19.3 Å². The van der Waals surface area contributed by atoms with Crippen LogP contribution in [-0.4, -0.2) is 30.0 Å². The van der Waals surface area contributed by atoms with Crippen molar-refractivity contribution in [3.8, 4) is 0 Å². The van der Waals surface area contributed by atoms with Gasteiger partial charge in [0.25, 0.3) is 0 Å². The summed E-state index contributed by atoms with van der Waals surface area (Å²) in [6.07, 6.45) is 4.09. The van der Waals surface area contributed by atoms with Crippen molar-refractivity contribution in [3.05, 3.63) is 11.8 Å². The van der Waals surface area contributed by atoms with Gasteiger partial charge in [0.15, 0.2) is 5.12 Å². The van der Waals surface area contributed by atoms with Gasteiger partial charge in [0.2, 0.25) is 5.91 Å². The standard InChI is InChI=1S/C10H16N2O2S/c1-4-9(5-6-11-3)12-10(14)7-15-8(2)13/h5-6H,4,7H2,1-3H3,(H,12,14)/b9-5+,11-6?. The lowest BCUT2D eigenvalue weighted by atomic mass is 10.3. The van der Waals surface area contributed by atoms with Crippen molar-refractivity contribution in [1.82, 2.24) is 5.32 Å². The van der Waals surface area contributed by atoms with Crippen LogP contribution in [0.15, 0.2) is 16.8 Å². The van der Waals surface area contributed by atoms with Crippen molar-refractivity contribution in [1.29, 1.82) is 0 Å². The number of nitrogens with zero attached hydrogens (tertiary/aromatic N) is 1. The van der Waals surface area contributed by atoms with E-state index >= 15 is 0 Å². The third-order valence-corrected chi connectivity index (χ3v) is 2.33. The summed E-state index contributed by atoms with van der Waals surface area (Å²) in [5, 5.41) is 2.66. The summed E-state index contributed by atoms with van der Waals surface area (Å²) in [6, 6.07) is 0. The molecule has 0 spiro atoms. The first-order valence-electron chi connectivity index (χ1n) is 4.64. The Morgan fingerprint density at radius 3 is 2.60 bits per heavy atom. The van der Waals surface area contributed by atoms with Crippen LogP contribution in [0, 0.1) is 0 Å². The molecule has 0 saturated carbocycles. The van der Waals surface area contributed by atoms with E-state index < -0.39 is 0 Å². The fourth-order valence-electron chi connectivity index (χ4n) is 0.795. The van der Waals surface area contributed by atoms with Gasteiger partial charge in [0.1, 0.15) is 0 Å². The van der Waals surface area contributed by atoms with Crippen molar-refractivity contribution in [2.75, 3.05) is 12.8 Å². The van der Waals surface area contributed by atoms with Gasteiger partial charge in [-0.15, -0.1) is 0 Å². The molecular weight excluding hydrogens is 212 g/mol. The van der Waals surface area contributed by atoms with E-state index in [1.165, 1.54) is 6.92 Å². The highest BCUT2D eigenvalue weighted by Gasteiger charge is 2.04. The molecule has 0 fully saturated rings. The number of carbonyl (C=O) groups is 2. The van der Waals surface area contributed by atoms with Gasteiger partial charge in [-0.2, -0.15) is 0 Å². The monoisotopic (exact) mass is 228 g/mol. The number of allylic oxidation sites excluding steroid dienone is 2. The van der Waals surface area contributed by atoms with Crippen molar-refractivity contribution in [3.63, 3.8) is 0 Å². The molecule has 0 aromatic carbocycles. The van der Waals surface area contributed by atoms with Gasteiger partial charge < -0.3 is 5.32 Å². The van der Waals surface area contributed by atoms with Crippen LogP contribution >= 0.6 is 11.8 Å². The Kier molecular flexibility index (Phi) is 7.62. The Hall–Kier alpha value is -1.10. The predicted molar refractivity (Wildman–Crippen MR) is 64.1 cm³/mol. The minimum Gasteiger partial charge on any atom is -0.329 e. The van der Waals surface area contributed by atoms with Gasteiger partial charge in [-0.25, -0.2) is 0 Å². The van der Waals surface area contributed by atoms with Crippen LogP contribution in [0.25, 0.3) is 0 Å². The first-order chi connectivity index (χ1) is 7.10. The summed E-state index contributed by atoms with van der Waals surface area (Å²) in [4.78, 5) is 25.7. The fourth-order valence-corrected chi connectivity index (χ4v) is 1.20. The third-order valence-electron chi connectivity index (χ3n) is 1.51. The van der Waals surface area contributed by atoms with Crippen LogP contribution in [0.5, 0.6) is 0 Å². The molecule has 0 unspecified atom stereocenters. The zero-order valence-electron chi connectivity index (χ0n) is 9.24. The van der Waals surface area contributed by atoms with E-state index in [0.29, 0.717) is 0 Å².